The van der Waals surface area contributed by atoms with Gasteiger partial charge in [0.25, 0.3) is 5.91 Å². The van der Waals surface area contributed by atoms with Gasteiger partial charge in [-0.1, -0.05) is 32.0 Å². The number of nitrogens with one attached hydrogen (secondary N) is 1. The molecule has 0 aromatic heterocycles. The molecule has 1 aliphatic rings. The SMILES string of the molecule is COc1ccc([C@H](CC(C)C)NC(=O)c2cccc(N3CCCC3=O)c2)cc1. The van der Waals surface area contributed by atoms with Gasteiger partial charge in [-0.2, -0.15) is 0 Å². The summed E-state index contributed by atoms with van der Waals surface area (Å²) in [7, 11) is 1.64. The van der Waals surface area contributed by atoms with Crippen molar-refractivity contribution in [3.05, 3.63) is 59.7 Å². The Hall–Kier alpha value is -2.82. The summed E-state index contributed by atoms with van der Waals surface area (Å²) in [5, 5.41) is 3.16. The smallest absolute Gasteiger partial charge is 0.251 e. The number of carbonyl (C=O) groups excluding carboxylic acids is 2. The van der Waals surface area contributed by atoms with Crippen molar-refractivity contribution in [1.29, 1.82) is 0 Å². The summed E-state index contributed by atoms with van der Waals surface area (Å²) >= 11 is 0. The number of amides is 2. The lowest BCUT2D eigenvalue weighted by Crippen LogP contribution is -2.30. The van der Waals surface area contributed by atoms with E-state index in [2.05, 4.69) is 19.2 Å². The minimum Gasteiger partial charge on any atom is -0.497 e. The molecule has 3 rings (SSSR count). The van der Waals surface area contributed by atoms with Crippen LogP contribution in [0.15, 0.2) is 48.5 Å². The maximum Gasteiger partial charge on any atom is 0.251 e. The third kappa shape index (κ3) is 4.71. The second-order valence-electron chi connectivity index (χ2n) is 7.63. The molecule has 0 radical (unpaired) electrons. The van der Waals surface area contributed by atoms with E-state index in [-0.39, 0.29) is 17.9 Å². The molecule has 0 saturated carbocycles. The molecule has 0 bridgehead atoms. The fourth-order valence-electron chi connectivity index (χ4n) is 3.56. The van der Waals surface area contributed by atoms with Crippen molar-refractivity contribution < 1.29 is 14.3 Å². The predicted octanol–water partition coefficient (Wildman–Crippen LogP) is 4.34. The van der Waals surface area contributed by atoms with Crippen molar-refractivity contribution >= 4 is 17.5 Å². The number of anilines is 1. The molecule has 0 spiro atoms. The maximum atomic E-state index is 12.9. The average molecular weight is 380 g/mol. The lowest BCUT2D eigenvalue weighted by molar-refractivity contribution is -0.117. The van der Waals surface area contributed by atoms with Crippen molar-refractivity contribution in [2.75, 3.05) is 18.6 Å². The van der Waals surface area contributed by atoms with Crippen LogP contribution in [0.25, 0.3) is 0 Å². The number of hydrogen-bond acceptors (Lipinski definition) is 3. The van der Waals surface area contributed by atoms with Crippen LogP contribution in [0.4, 0.5) is 5.69 Å². The highest BCUT2D eigenvalue weighted by molar-refractivity contribution is 5.99. The Labute approximate surface area is 166 Å². The lowest BCUT2D eigenvalue weighted by atomic mass is 9.96. The molecule has 1 atom stereocenters. The number of methoxy groups -OCH3 is 1. The first kappa shape index (κ1) is 19.9. The molecule has 1 heterocycles. The highest BCUT2D eigenvalue weighted by Gasteiger charge is 2.23. The van der Waals surface area contributed by atoms with E-state index in [0.717, 1.165) is 29.8 Å². The van der Waals surface area contributed by atoms with Crippen LogP contribution in [0.1, 0.15) is 55.1 Å². The van der Waals surface area contributed by atoms with Gasteiger partial charge < -0.3 is 15.0 Å². The van der Waals surface area contributed by atoms with Crippen LogP contribution < -0.4 is 15.0 Å². The quantitative estimate of drug-likeness (QED) is 0.777. The van der Waals surface area contributed by atoms with Crippen LogP contribution in [-0.2, 0) is 4.79 Å². The zero-order valence-electron chi connectivity index (χ0n) is 16.8. The molecule has 5 heteroatoms. The van der Waals surface area contributed by atoms with Gasteiger partial charge in [-0.25, -0.2) is 0 Å². The molecule has 2 amide bonds. The van der Waals surface area contributed by atoms with E-state index in [1.807, 2.05) is 36.4 Å². The van der Waals surface area contributed by atoms with E-state index in [1.165, 1.54) is 0 Å². The van der Waals surface area contributed by atoms with E-state index >= 15 is 0 Å². The van der Waals surface area contributed by atoms with E-state index in [1.54, 1.807) is 24.1 Å². The number of carbonyl (C=O) groups is 2. The minimum absolute atomic E-state index is 0.0875. The van der Waals surface area contributed by atoms with Gasteiger partial charge in [0.15, 0.2) is 0 Å². The van der Waals surface area contributed by atoms with Crippen LogP contribution in [-0.4, -0.2) is 25.5 Å². The molecule has 1 N–H and O–H groups in total. The number of ether oxygens (including phenoxy) is 1. The molecular formula is C23H28N2O3. The van der Waals surface area contributed by atoms with Crippen LogP contribution in [0.5, 0.6) is 5.75 Å². The third-order valence-corrected chi connectivity index (χ3v) is 5.02. The summed E-state index contributed by atoms with van der Waals surface area (Å²) < 4.78 is 5.23. The van der Waals surface area contributed by atoms with Gasteiger partial charge in [0, 0.05) is 24.2 Å². The Kier molecular flexibility index (Phi) is 6.34. The van der Waals surface area contributed by atoms with Crippen molar-refractivity contribution in [1.82, 2.24) is 5.32 Å². The first-order valence-electron chi connectivity index (χ1n) is 9.83. The molecule has 148 valence electrons. The summed E-state index contributed by atoms with van der Waals surface area (Å²) in [5.74, 6) is 1.21. The molecule has 2 aromatic rings. The first-order chi connectivity index (χ1) is 13.5. The molecule has 28 heavy (non-hydrogen) atoms. The van der Waals surface area contributed by atoms with Crippen molar-refractivity contribution in [3.8, 4) is 5.75 Å². The van der Waals surface area contributed by atoms with E-state index in [9.17, 15) is 9.59 Å². The number of nitrogens with zero attached hydrogens (tertiary/aromatic N) is 1. The Balaban J connectivity index is 1.78. The topological polar surface area (TPSA) is 58.6 Å². The normalized spacial score (nSPS) is 15.0. The summed E-state index contributed by atoms with van der Waals surface area (Å²) in [4.78, 5) is 26.7. The molecule has 1 aliphatic heterocycles. The van der Waals surface area contributed by atoms with E-state index in [4.69, 9.17) is 4.74 Å². The summed E-state index contributed by atoms with van der Waals surface area (Å²) in [6, 6.07) is 15.0. The Morgan fingerprint density at radius 1 is 1.18 bits per heavy atom. The molecule has 2 aromatic carbocycles. The fraction of sp³-hybridized carbons (Fsp3) is 0.391. The third-order valence-electron chi connectivity index (χ3n) is 5.02. The van der Waals surface area contributed by atoms with Gasteiger partial charge >= 0.3 is 0 Å². The van der Waals surface area contributed by atoms with Crippen LogP contribution in [0.3, 0.4) is 0 Å². The van der Waals surface area contributed by atoms with Gasteiger partial charge in [-0.3, -0.25) is 9.59 Å². The zero-order chi connectivity index (χ0) is 20.1. The van der Waals surface area contributed by atoms with Gasteiger partial charge in [0.05, 0.1) is 13.2 Å². The molecule has 1 saturated heterocycles. The van der Waals surface area contributed by atoms with Crippen LogP contribution in [0.2, 0.25) is 0 Å². The standard InChI is InChI=1S/C23H28N2O3/c1-16(2)14-21(17-9-11-20(28-3)12-10-17)24-23(27)18-6-4-7-19(15-18)25-13-5-8-22(25)26/h4,6-7,9-12,15-16,21H,5,8,13-14H2,1-3H3,(H,24,27)/t21-/m0/s1. The highest BCUT2D eigenvalue weighted by atomic mass is 16.5. The maximum absolute atomic E-state index is 12.9. The van der Waals surface area contributed by atoms with Crippen molar-refractivity contribution in [2.45, 2.75) is 39.2 Å². The Morgan fingerprint density at radius 3 is 2.54 bits per heavy atom. The summed E-state index contributed by atoms with van der Waals surface area (Å²) in [6.07, 6.45) is 2.27. The second kappa shape index (κ2) is 8.91. The highest BCUT2D eigenvalue weighted by Crippen LogP contribution is 2.26. The monoisotopic (exact) mass is 380 g/mol. The molecule has 5 nitrogen and oxygen atoms in total. The summed E-state index contributed by atoms with van der Waals surface area (Å²) in [6.45, 7) is 5.00. The van der Waals surface area contributed by atoms with Crippen molar-refractivity contribution in [3.63, 3.8) is 0 Å². The first-order valence-corrected chi connectivity index (χ1v) is 9.83. The molecule has 0 aliphatic carbocycles. The average Bonchev–Trinajstić information content (AvgIpc) is 3.13. The van der Waals surface area contributed by atoms with Gasteiger partial charge in [-0.05, 0) is 54.7 Å². The van der Waals surface area contributed by atoms with Crippen molar-refractivity contribution in [2.24, 2.45) is 5.92 Å². The zero-order valence-corrected chi connectivity index (χ0v) is 16.8. The Morgan fingerprint density at radius 2 is 1.93 bits per heavy atom. The van der Waals surface area contributed by atoms with E-state index in [0.29, 0.717) is 24.4 Å². The number of hydrogen-bond donors (Lipinski definition) is 1. The summed E-state index contributed by atoms with van der Waals surface area (Å²) in [5.41, 5.74) is 2.41. The van der Waals surface area contributed by atoms with Gasteiger partial charge in [-0.15, -0.1) is 0 Å². The fourth-order valence-corrected chi connectivity index (χ4v) is 3.56. The predicted molar refractivity (Wildman–Crippen MR) is 111 cm³/mol. The number of benzene rings is 2. The van der Waals surface area contributed by atoms with Gasteiger partial charge in [0.1, 0.15) is 5.75 Å². The van der Waals surface area contributed by atoms with Crippen LogP contribution in [0, 0.1) is 5.92 Å². The second-order valence-corrected chi connectivity index (χ2v) is 7.63. The minimum atomic E-state index is -0.130. The molecule has 0 unspecified atom stereocenters. The van der Waals surface area contributed by atoms with Crippen LogP contribution >= 0.6 is 0 Å². The van der Waals surface area contributed by atoms with Gasteiger partial charge in [0.2, 0.25) is 5.91 Å². The Bertz CT molecular complexity index is 830. The molecule has 1 fully saturated rings. The number of rotatable bonds is 7. The lowest BCUT2D eigenvalue weighted by Gasteiger charge is -2.22. The largest absolute Gasteiger partial charge is 0.497 e. The van der Waals surface area contributed by atoms with E-state index < -0.39 is 0 Å². The molecular weight excluding hydrogens is 352 g/mol.